The van der Waals surface area contributed by atoms with Gasteiger partial charge in [0.25, 0.3) is 5.91 Å². The SMILES string of the molecule is Cc1ccc(C)c(C(=O)Nc2c(C)cccc2N)c1. The van der Waals surface area contributed by atoms with Crippen LogP contribution in [0.5, 0.6) is 0 Å². The second-order valence-electron chi connectivity index (χ2n) is 4.81. The molecule has 98 valence electrons. The summed E-state index contributed by atoms with van der Waals surface area (Å²) < 4.78 is 0. The lowest BCUT2D eigenvalue weighted by molar-refractivity contribution is 0.102. The van der Waals surface area contributed by atoms with Gasteiger partial charge < -0.3 is 11.1 Å². The minimum absolute atomic E-state index is 0.123. The number of hydrogen-bond donors (Lipinski definition) is 2. The van der Waals surface area contributed by atoms with Crippen LogP contribution in [0.15, 0.2) is 36.4 Å². The van der Waals surface area contributed by atoms with Gasteiger partial charge in [0.1, 0.15) is 0 Å². The van der Waals surface area contributed by atoms with E-state index in [0.717, 1.165) is 16.7 Å². The summed E-state index contributed by atoms with van der Waals surface area (Å²) in [5.41, 5.74) is 10.8. The maximum atomic E-state index is 12.3. The fourth-order valence-corrected chi connectivity index (χ4v) is 2.02. The molecule has 2 aromatic rings. The summed E-state index contributed by atoms with van der Waals surface area (Å²) in [5.74, 6) is -0.123. The molecule has 3 nitrogen and oxygen atoms in total. The Labute approximate surface area is 113 Å². The first-order valence-electron chi connectivity index (χ1n) is 6.22. The third-order valence-corrected chi connectivity index (χ3v) is 3.18. The minimum Gasteiger partial charge on any atom is -0.397 e. The molecule has 3 N–H and O–H groups in total. The van der Waals surface area contributed by atoms with Gasteiger partial charge in [-0.3, -0.25) is 4.79 Å². The Bertz CT molecular complexity index is 612. The van der Waals surface area contributed by atoms with E-state index >= 15 is 0 Å². The summed E-state index contributed by atoms with van der Waals surface area (Å²) in [6, 6.07) is 11.4. The smallest absolute Gasteiger partial charge is 0.256 e. The van der Waals surface area contributed by atoms with E-state index < -0.39 is 0 Å². The van der Waals surface area contributed by atoms with E-state index in [4.69, 9.17) is 5.73 Å². The average molecular weight is 254 g/mol. The summed E-state index contributed by atoms with van der Waals surface area (Å²) in [5, 5.41) is 2.90. The highest BCUT2D eigenvalue weighted by atomic mass is 16.1. The van der Waals surface area contributed by atoms with Crippen LogP contribution < -0.4 is 11.1 Å². The Kier molecular flexibility index (Phi) is 3.56. The van der Waals surface area contributed by atoms with Crippen molar-refractivity contribution in [1.82, 2.24) is 0 Å². The summed E-state index contributed by atoms with van der Waals surface area (Å²) >= 11 is 0. The van der Waals surface area contributed by atoms with Crippen molar-refractivity contribution >= 4 is 17.3 Å². The Morgan fingerprint density at radius 1 is 1.05 bits per heavy atom. The van der Waals surface area contributed by atoms with Gasteiger partial charge in [0.05, 0.1) is 11.4 Å². The molecule has 0 aromatic heterocycles. The Hall–Kier alpha value is -2.29. The van der Waals surface area contributed by atoms with E-state index in [0.29, 0.717) is 16.9 Å². The molecule has 0 aliphatic heterocycles. The molecule has 0 heterocycles. The molecule has 0 bridgehead atoms. The number of rotatable bonds is 2. The predicted molar refractivity (Wildman–Crippen MR) is 79.5 cm³/mol. The summed E-state index contributed by atoms with van der Waals surface area (Å²) in [6.45, 7) is 5.82. The molecule has 3 heteroatoms. The van der Waals surface area contributed by atoms with Crippen LogP contribution in [0, 0.1) is 20.8 Å². The second kappa shape index (κ2) is 5.14. The van der Waals surface area contributed by atoms with Gasteiger partial charge in [0.15, 0.2) is 0 Å². The highest BCUT2D eigenvalue weighted by Crippen LogP contribution is 2.23. The lowest BCUT2D eigenvalue weighted by Crippen LogP contribution is -2.15. The van der Waals surface area contributed by atoms with Crippen molar-refractivity contribution in [3.05, 3.63) is 58.7 Å². The topological polar surface area (TPSA) is 55.1 Å². The van der Waals surface area contributed by atoms with Crippen LogP contribution >= 0.6 is 0 Å². The molecule has 0 aliphatic carbocycles. The van der Waals surface area contributed by atoms with Crippen LogP contribution in [-0.2, 0) is 0 Å². The first kappa shape index (κ1) is 13.1. The van der Waals surface area contributed by atoms with Crippen LogP contribution in [0.4, 0.5) is 11.4 Å². The molecule has 19 heavy (non-hydrogen) atoms. The van der Waals surface area contributed by atoms with E-state index in [9.17, 15) is 4.79 Å². The van der Waals surface area contributed by atoms with E-state index in [-0.39, 0.29) is 5.91 Å². The van der Waals surface area contributed by atoms with E-state index in [1.807, 2.05) is 51.1 Å². The molecule has 0 radical (unpaired) electrons. The number of nitrogen functional groups attached to an aromatic ring is 1. The van der Waals surface area contributed by atoms with Gasteiger partial charge in [-0.05, 0) is 44.0 Å². The van der Waals surface area contributed by atoms with Crippen LogP contribution in [0.25, 0.3) is 0 Å². The van der Waals surface area contributed by atoms with Gasteiger partial charge in [-0.25, -0.2) is 0 Å². The van der Waals surface area contributed by atoms with Gasteiger partial charge >= 0.3 is 0 Å². The number of hydrogen-bond acceptors (Lipinski definition) is 2. The largest absolute Gasteiger partial charge is 0.397 e. The van der Waals surface area contributed by atoms with Crippen molar-refractivity contribution < 1.29 is 4.79 Å². The molecule has 2 aromatic carbocycles. The molecule has 0 aliphatic rings. The minimum atomic E-state index is -0.123. The highest BCUT2D eigenvalue weighted by molar-refractivity contribution is 6.07. The fourth-order valence-electron chi connectivity index (χ4n) is 2.02. The van der Waals surface area contributed by atoms with E-state index in [2.05, 4.69) is 5.32 Å². The molecule has 1 amide bonds. The van der Waals surface area contributed by atoms with Crippen LogP contribution in [-0.4, -0.2) is 5.91 Å². The first-order valence-corrected chi connectivity index (χ1v) is 6.22. The number of nitrogens with one attached hydrogen (secondary N) is 1. The van der Waals surface area contributed by atoms with Gasteiger partial charge in [-0.15, -0.1) is 0 Å². The maximum absolute atomic E-state index is 12.3. The lowest BCUT2D eigenvalue weighted by atomic mass is 10.0. The fraction of sp³-hybridized carbons (Fsp3) is 0.188. The molecule has 0 unspecified atom stereocenters. The zero-order valence-electron chi connectivity index (χ0n) is 11.4. The van der Waals surface area contributed by atoms with E-state index in [1.54, 1.807) is 6.07 Å². The molecule has 0 spiro atoms. The Balaban J connectivity index is 2.34. The third-order valence-electron chi connectivity index (χ3n) is 3.18. The van der Waals surface area contributed by atoms with Gasteiger partial charge in [-0.2, -0.15) is 0 Å². The third kappa shape index (κ3) is 2.76. The van der Waals surface area contributed by atoms with Crippen molar-refractivity contribution in [3.8, 4) is 0 Å². The number of carbonyl (C=O) groups is 1. The molecule has 0 fully saturated rings. The zero-order valence-corrected chi connectivity index (χ0v) is 11.4. The molecule has 0 saturated carbocycles. The average Bonchev–Trinajstić information content (AvgIpc) is 2.37. The van der Waals surface area contributed by atoms with Crippen molar-refractivity contribution in [2.24, 2.45) is 0 Å². The standard InChI is InChI=1S/C16H18N2O/c1-10-7-8-11(2)13(9-10)16(19)18-15-12(3)5-4-6-14(15)17/h4-9H,17H2,1-3H3,(H,18,19). The van der Waals surface area contributed by atoms with Gasteiger partial charge in [0, 0.05) is 5.56 Å². The number of carbonyl (C=O) groups excluding carboxylic acids is 1. The van der Waals surface area contributed by atoms with Gasteiger partial charge in [-0.1, -0.05) is 29.8 Å². The number of nitrogens with two attached hydrogens (primary N) is 1. The summed E-state index contributed by atoms with van der Waals surface area (Å²) in [4.78, 5) is 12.3. The van der Waals surface area contributed by atoms with Crippen LogP contribution in [0.1, 0.15) is 27.0 Å². The number of anilines is 2. The van der Waals surface area contributed by atoms with Gasteiger partial charge in [0.2, 0.25) is 0 Å². The Morgan fingerprint density at radius 3 is 2.47 bits per heavy atom. The number of benzene rings is 2. The van der Waals surface area contributed by atoms with Crippen molar-refractivity contribution in [1.29, 1.82) is 0 Å². The first-order chi connectivity index (χ1) is 8.99. The number of amides is 1. The van der Waals surface area contributed by atoms with E-state index in [1.165, 1.54) is 0 Å². The summed E-state index contributed by atoms with van der Waals surface area (Å²) in [6.07, 6.45) is 0. The quantitative estimate of drug-likeness (QED) is 0.806. The van der Waals surface area contributed by atoms with Crippen molar-refractivity contribution in [2.75, 3.05) is 11.1 Å². The van der Waals surface area contributed by atoms with Crippen molar-refractivity contribution in [3.63, 3.8) is 0 Å². The molecule has 2 rings (SSSR count). The Morgan fingerprint density at radius 2 is 1.79 bits per heavy atom. The monoisotopic (exact) mass is 254 g/mol. The summed E-state index contributed by atoms with van der Waals surface area (Å²) in [7, 11) is 0. The highest BCUT2D eigenvalue weighted by Gasteiger charge is 2.12. The molecular weight excluding hydrogens is 236 g/mol. The number of para-hydroxylation sites is 1. The number of aryl methyl sites for hydroxylation is 3. The molecule has 0 saturated heterocycles. The molecular formula is C16H18N2O. The van der Waals surface area contributed by atoms with Crippen LogP contribution in [0.2, 0.25) is 0 Å². The zero-order chi connectivity index (χ0) is 14.0. The second-order valence-corrected chi connectivity index (χ2v) is 4.81. The maximum Gasteiger partial charge on any atom is 0.256 e. The van der Waals surface area contributed by atoms with Crippen molar-refractivity contribution in [2.45, 2.75) is 20.8 Å². The normalized spacial score (nSPS) is 10.3. The lowest BCUT2D eigenvalue weighted by Gasteiger charge is -2.12. The molecule has 0 atom stereocenters. The predicted octanol–water partition coefficient (Wildman–Crippen LogP) is 3.45. The van der Waals surface area contributed by atoms with Crippen LogP contribution in [0.3, 0.4) is 0 Å².